The number of hydrogen-bond donors (Lipinski definition) is 1. The predicted octanol–water partition coefficient (Wildman–Crippen LogP) is 3.86. The number of nitrogens with one attached hydrogen (secondary N) is 1. The lowest BCUT2D eigenvalue weighted by atomic mass is 9.87. The van der Waals surface area contributed by atoms with Gasteiger partial charge in [0.2, 0.25) is 5.91 Å². The van der Waals surface area contributed by atoms with Crippen molar-refractivity contribution in [1.29, 1.82) is 0 Å². The summed E-state index contributed by atoms with van der Waals surface area (Å²) in [6.07, 6.45) is 2.79. The molecule has 30 heavy (non-hydrogen) atoms. The lowest BCUT2D eigenvalue weighted by Gasteiger charge is -2.41. The van der Waals surface area contributed by atoms with Gasteiger partial charge in [0.1, 0.15) is 5.82 Å². The van der Waals surface area contributed by atoms with Crippen LogP contribution in [-0.2, 0) is 17.8 Å². The van der Waals surface area contributed by atoms with Crippen LogP contribution in [0.5, 0.6) is 11.5 Å². The summed E-state index contributed by atoms with van der Waals surface area (Å²) in [4.78, 5) is 14.8. The molecule has 1 aliphatic heterocycles. The highest BCUT2D eigenvalue weighted by Crippen LogP contribution is 2.40. The van der Waals surface area contributed by atoms with Gasteiger partial charge in [-0.1, -0.05) is 12.1 Å². The van der Waals surface area contributed by atoms with E-state index in [1.165, 1.54) is 11.6 Å². The Morgan fingerprint density at radius 3 is 2.60 bits per heavy atom. The number of carbonyl (C=O) groups is 1. The maximum absolute atomic E-state index is 13.8. The number of hydrogen-bond acceptors (Lipinski definition) is 4. The van der Waals surface area contributed by atoms with E-state index < -0.39 is 0 Å². The van der Waals surface area contributed by atoms with Gasteiger partial charge in [0.15, 0.2) is 11.5 Å². The quantitative estimate of drug-likeness (QED) is 0.750. The van der Waals surface area contributed by atoms with Crippen LogP contribution in [0, 0.1) is 11.7 Å². The molecular weight excluding hydrogens is 383 g/mol. The molecule has 1 aliphatic carbocycles. The Kier molecular flexibility index (Phi) is 5.95. The molecule has 0 saturated heterocycles. The second-order valence-corrected chi connectivity index (χ2v) is 8.27. The third-order valence-electron chi connectivity index (χ3n) is 6.09. The van der Waals surface area contributed by atoms with E-state index in [9.17, 15) is 9.18 Å². The van der Waals surface area contributed by atoms with Gasteiger partial charge in [0.05, 0.1) is 20.3 Å². The summed E-state index contributed by atoms with van der Waals surface area (Å²) in [6, 6.07) is 10.6. The number of fused-ring (bicyclic) bond motifs is 1. The van der Waals surface area contributed by atoms with Gasteiger partial charge in [-0.2, -0.15) is 0 Å². The Hall–Kier alpha value is -2.60. The van der Waals surface area contributed by atoms with Crippen molar-refractivity contribution in [3.63, 3.8) is 0 Å². The van der Waals surface area contributed by atoms with E-state index in [0.717, 1.165) is 36.9 Å². The monoisotopic (exact) mass is 412 g/mol. The van der Waals surface area contributed by atoms with Crippen molar-refractivity contribution >= 4 is 5.91 Å². The fraction of sp³-hybridized carbons (Fsp3) is 0.458. The molecule has 0 spiro atoms. The van der Waals surface area contributed by atoms with Crippen LogP contribution in [0.4, 0.5) is 4.39 Å². The zero-order chi connectivity index (χ0) is 21.3. The molecule has 0 bridgehead atoms. The summed E-state index contributed by atoms with van der Waals surface area (Å²) >= 11 is 0. The normalized spacial score (nSPS) is 19.7. The SMILES string of the molecule is COc1cc2c(cc1OC)[C@H]([C@@H](C)NC(=O)C1CC1)N(Cc1cccc(F)c1)CC2. The average Bonchev–Trinajstić information content (AvgIpc) is 3.58. The third-order valence-corrected chi connectivity index (χ3v) is 6.09. The molecule has 2 aliphatic rings. The van der Waals surface area contributed by atoms with Crippen molar-refractivity contribution in [2.75, 3.05) is 20.8 Å². The number of carbonyl (C=O) groups excluding carboxylic acids is 1. The third kappa shape index (κ3) is 4.29. The van der Waals surface area contributed by atoms with Crippen LogP contribution in [-0.4, -0.2) is 37.6 Å². The number of rotatable bonds is 7. The van der Waals surface area contributed by atoms with E-state index in [1.807, 2.05) is 18.2 Å². The molecule has 1 fully saturated rings. The van der Waals surface area contributed by atoms with Crippen LogP contribution in [0.15, 0.2) is 36.4 Å². The van der Waals surface area contributed by atoms with Crippen LogP contribution in [0.2, 0.25) is 0 Å². The lowest BCUT2D eigenvalue weighted by molar-refractivity contribution is -0.123. The van der Waals surface area contributed by atoms with Crippen LogP contribution >= 0.6 is 0 Å². The second-order valence-electron chi connectivity index (χ2n) is 8.27. The minimum Gasteiger partial charge on any atom is -0.493 e. The lowest BCUT2D eigenvalue weighted by Crippen LogP contribution is -2.47. The van der Waals surface area contributed by atoms with E-state index in [4.69, 9.17) is 9.47 Å². The average molecular weight is 413 g/mol. The van der Waals surface area contributed by atoms with Gasteiger partial charge in [-0.15, -0.1) is 0 Å². The highest BCUT2D eigenvalue weighted by molar-refractivity contribution is 5.81. The summed E-state index contributed by atoms with van der Waals surface area (Å²) in [5.74, 6) is 1.43. The largest absolute Gasteiger partial charge is 0.493 e. The highest BCUT2D eigenvalue weighted by Gasteiger charge is 2.36. The summed E-state index contributed by atoms with van der Waals surface area (Å²) in [7, 11) is 3.27. The van der Waals surface area contributed by atoms with Crippen LogP contribution in [0.3, 0.4) is 0 Å². The zero-order valence-corrected chi connectivity index (χ0v) is 17.8. The zero-order valence-electron chi connectivity index (χ0n) is 17.8. The van der Waals surface area contributed by atoms with Crippen LogP contribution in [0.1, 0.15) is 42.5 Å². The Morgan fingerprint density at radius 2 is 1.93 bits per heavy atom. The van der Waals surface area contributed by atoms with Gasteiger partial charge < -0.3 is 14.8 Å². The van der Waals surface area contributed by atoms with Crippen LogP contribution < -0.4 is 14.8 Å². The topological polar surface area (TPSA) is 50.8 Å². The van der Waals surface area contributed by atoms with E-state index in [0.29, 0.717) is 18.0 Å². The van der Waals surface area contributed by atoms with E-state index in [1.54, 1.807) is 26.4 Å². The van der Waals surface area contributed by atoms with Gasteiger partial charge in [-0.25, -0.2) is 4.39 Å². The van der Waals surface area contributed by atoms with Gasteiger partial charge in [-0.05, 0) is 67.1 Å². The van der Waals surface area contributed by atoms with Crippen LogP contribution in [0.25, 0.3) is 0 Å². The van der Waals surface area contributed by atoms with Gasteiger partial charge in [-0.3, -0.25) is 9.69 Å². The molecule has 0 unspecified atom stereocenters. The first-order valence-corrected chi connectivity index (χ1v) is 10.5. The Bertz CT molecular complexity index is 929. The molecule has 6 heteroatoms. The van der Waals surface area contributed by atoms with Crippen molar-refractivity contribution in [3.8, 4) is 11.5 Å². The van der Waals surface area contributed by atoms with Crippen molar-refractivity contribution in [3.05, 3.63) is 58.9 Å². The summed E-state index contributed by atoms with van der Waals surface area (Å²) < 4.78 is 24.8. The summed E-state index contributed by atoms with van der Waals surface area (Å²) in [6.45, 7) is 3.47. The number of amides is 1. The molecule has 0 radical (unpaired) electrons. The molecule has 1 N–H and O–H groups in total. The molecule has 2 aromatic carbocycles. The number of benzene rings is 2. The first-order chi connectivity index (χ1) is 14.5. The number of halogens is 1. The maximum atomic E-state index is 13.8. The summed E-state index contributed by atoms with van der Waals surface area (Å²) in [5.41, 5.74) is 3.24. The molecule has 0 aromatic heterocycles. The Balaban J connectivity index is 1.68. The first-order valence-electron chi connectivity index (χ1n) is 10.5. The number of nitrogens with zero attached hydrogens (tertiary/aromatic N) is 1. The smallest absolute Gasteiger partial charge is 0.223 e. The molecule has 4 rings (SSSR count). The van der Waals surface area contributed by atoms with Crippen molar-refractivity contribution in [2.45, 2.75) is 44.8 Å². The molecule has 1 heterocycles. The molecular formula is C24H29FN2O3. The van der Waals surface area contributed by atoms with Crippen molar-refractivity contribution < 1.29 is 18.7 Å². The molecule has 2 atom stereocenters. The van der Waals surface area contributed by atoms with Gasteiger partial charge in [0.25, 0.3) is 0 Å². The van der Waals surface area contributed by atoms with E-state index in [-0.39, 0.29) is 29.7 Å². The molecule has 5 nitrogen and oxygen atoms in total. The van der Waals surface area contributed by atoms with Gasteiger partial charge in [0, 0.05) is 25.0 Å². The Labute approximate surface area is 177 Å². The minimum atomic E-state index is -0.233. The van der Waals surface area contributed by atoms with Crippen molar-refractivity contribution in [1.82, 2.24) is 10.2 Å². The Morgan fingerprint density at radius 1 is 1.20 bits per heavy atom. The number of methoxy groups -OCH3 is 2. The van der Waals surface area contributed by atoms with E-state index in [2.05, 4.69) is 17.1 Å². The summed E-state index contributed by atoms with van der Waals surface area (Å²) in [5, 5.41) is 3.22. The highest BCUT2D eigenvalue weighted by atomic mass is 19.1. The van der Waals surface area contributed by atoms with E-state index >= 15 is 0 Å². The maximum Gasteiger partial charge on any atom is 0.223 e. The first kappa shape index (κ1) is 20.7. The molecule has 1 amide bonds. The molecule has 2 aromatic rings. The predicted molar refractivity (Wildman–Crippen MR) is 113 cm³/mol. The molecule has 1 saturated carbocycles. The minimum absolute atomic E-state index is 0.0421. The standard InChI is InChI=1S/C24H29FN2O3/c1-15(26-24(28)17-7-8-17)23-20-13-22(30-3)21(29-2)12-18(20)9-10-27(23)14-16-5-4-6-19(25)11-16/h4-6,11-13,15,17,23H,7-10,14H2,1-3H3,(H,26,28)/t15-,23+/m1/s1. The number of ether oxygens (including phenoxy) is 2. The van der Waals surface area contributed by atoms with Crippen molar-refractivity contribution in [2.24, 2.45) is 5.92 Å². The van der Waals surface area contributed by atoms with Gasteiger partial charge >= 0.3 is 0 Å². The molecule has 160 valence electrons. The fourth-order valence-corrected chi connectivity index (χ4v) is 4.43. The fourth-order valence-electron chi connectivity index (χ4n) is 4.43. The second kappa shape index (κ2) is 8.64.